The van der Waals surface area contributed by atoms with Crippen LogP contribution >= 0.6 is 0 Å². The molecule has 0 spiro atoms. The van der Waals surface area contributed by atoms with E-state index in [-0.39, 0.29) is 29.5 Å². The van der Waals surface area contributed by atoms with Crippen LogP contribution < -0.4 is 10.9 Å². The van der Waals surface area contributed by atoms with Crippen molar-refractivity contribution in [2.75, 3.05) is 26.3 Å². The Hall–Kier alpha value is -2.93. The van der Waals surface area contributed by atoms with E-state index >= 15 is 0 Å². The van der Waals surface area contributed by atoms with Crippen molar-refractivity contribution in [1.82, 2.24) is 14.8 Å². The number of carbonyl (C=O) groups is 2. The minimum Gasteiger partial charge on any atom is -0.372 e. The molecular formula is C24H31N3O4. The van der Waals surface area contributed by atoms with Crippen molar-refractivity contribution in [3.8, 4) is 0 Å². The Kier molecular flexibility index (Phi) is 8.00. The summed E-state index contributed by atoms with van der Waals surface area (Å²) in [5, 5.41) is 2.85. The molecule has 0 unspecified atom stereocenters. The van der Waals surface area contributed by atoms with Crippen LogP contribution in [0.2, 0.25) is 0 Å². The Labute approximate surface area is 183 Å². The lowest BCUT2D eigenvalue weighted by Gasteiger charge is -2.30. The Morgan fingerprint density at radius 3 is 2.65 bits per heavy atom. The molecule has 0 aliphatic carbocycles. The summed E-state index contributed by atoms with van der Waals surface area (Å²) in [7, 11) is 0. The van der Waals surface area contributed by atoms with Gasteiger partial charge in [-0.25, -0.2) is 0 Å². The maximum absolute atomic E-state index is 13.2. The number of hydrogen-bond donors (Lipinski definition) is 1. The number of aryl methyl sites for hydroxylation is 2. The maximum atomic E-state index is 13.2. The molecule has 7 heteroatoms. The predicted molar refractivity (Wildman–Crippen MR) is 119 cm³/mol. The molecule has 0 bridgehead atoms. The van der Waals surface area contributed by atoms with E-state index in [0.717, 1.165) is 23.1 Å². The Morgan fingerprint density at radius 2 is 1.94 bits per heavy atom. The average molecular weight is 426 g/mol. The second kappa shape index (κ2) is 10.9. The number of fused-ring (bicyclic) bond motifs is 1. The summed E-state index contributed by atoms with van der Waals surface area (Å²) in [4.78, 5) is 40.3. The number of pyridine rings is 1. The minimum absolute atomic E-state index is 0.0450. The van der Waals surface area contributed by atoms with Gasteiger partial charge < -0.3 is 19.5 Å². The molecule has 1 aliphatic rings. The average Bonchev–Trinajstić information content (AvgIpc) is 2.80. The molecule has 166 valence electrons. The van der Waals surface area contributed by atoms with Crippen LogP contribution in [0, 0.1) is 0 Å². The first-order chi connectivity index (χ1) is 15.0. The van der Waals surface area contributed by atoms with Crippen LogP contribution in [-0.4, -0.2) is 47.6 Å². The van der Waals surface area contributed by atoms with Gasteiger partial charge in [0.25, 0.3) is 11.5 Å². The Bertz CT molecular complexity index is 969. The third-order valence-electron chi connectivity index (χ3n) is 5.50. The Morgan fingerprint density at radius 1 is 1.16 bits per heavy atom. The molecule has 0 radical (unpaired) electrons. The van der Waals surface area contributed by atoms with Crippen molar-refractivity contribution in [2.24, 2.45) is 0 Å². The number of nitrogens with zero attached hydrogens (tertiary/aromatic N) is 2. The first-order valence-electron chi connectivity index (χ1n) is 11.0. The summed E-state index contributed by atoms with van der Waals surface area (Å²) in [6.07, 6.45) is 3.78. The van der Waals surface area contributed by atoms with Crippen LogP contribution in [0.15, 0.2) is 41.3 Å². The van der Waals surface area contributed by atoms with E-state index in [1.807, 2.05) is 50.4 Å². The second-order valence-electron chi connectivity index (χ2n) is 7.70. The number of aromatic nitrogens is 1. The highest BCUT2D eigenvalue weighted by Gasteiger charge is 2.27. The number of benzene rings is 1. The molecule has 1 aromatic carbocycles. The summed E-state index contributed by atoms with van der Waals surface area (Å²) in [5.41, 5.74) is 2.69. The molecule has 7 nitrogen and oxygen atoms in total. The maximum Gasteiger partial charge on any atom is 0.263 e. The normalized spacial score (nSPS) is 13.0. The fourth-order valence-corrected chi connectivity index (χ4v) is 3.83. The van der Waals surface area contributed by atoms with Gasteiger partial charge in [-0.3, -0.25) is 14.4 Å². The summed E-state index contributed by atoms with van der Waals surface area (Å²) >= 11 is 0. The van der Waals surface area contributed by atoms with E-state index in [1.54, 1.807) is 9.47 Å². The van der Waals surface area contributed by atoms with E-state index in [0.29, 0.717) is 45.6 Å². The molecule has 2 amide bonds. The molecule has 0 atom stereocenters. The number of hydrogen-bond acceptors (Lipinski definition) is 4. The number of nitrogens with one attached hydrogen (secondary N) is 1. The molecular weight excluding hydrogens is 394 g/mol. The summed E-state index contributed by atoms with van der Waals surface area (Å²) in [6.45, 7) is 6.19. The molecule has 0 fully saturated rings. The van der Waals surface area contributed by atoms with E-state index in [4.69, 9.17) is 4.74 Å². The summed E-state index contributed by atoms with van der Waals surface area (Å²) < 4.78 is 6.88. The van der Waals surface area contributed by atoms with Gasteiger partial charge in [-0.05, 0) is 42.9 Å². The zero-order chi connectivity index (χ0) is 22.2. The highest BCUT2D eigenvalue weighted by molar-refractivity contribution is 5.95. The topological polar surface area (TPSA) is 80.6 Å². The smallest absolute Gasteiger partial charge is 0.263 e. The SMILES string of the molecule is CCCNC(=O)c1c2c(cn(CCc3ccccc3)c1=O)CN(C(=O)COCC)CC2. The van der Waals surface area contributed by atoms with Gasteiger partial charge in [0.15, 0.2) is 0 Å². The van der Waals surface area contributed by atoms with Crippen LogP contribution in [0.3, 0.4) is 0 Å². The van der Waals surface area contributed by atoms with Crippen LogP contribution in [0.4, 0.5) is 0 Å². The predicted octanol–water partition coefficient (Wildman–Crippen LogP) is 2.15. The molecule has 31 heavy (non-hydrogen) atoms. The van der Waals surface area contributed by atoms with Gasteiger partial charge in [-0.15, -0.1) is 0 Å². The van der Waals surface area contributed by atoms with Crippen molar-refractivity contribution in [1.29, 1.82) is 0 Å². The van der Waals surface area contributed by atoms with Gasteiger partial charge in [-0.2, -0.15) is 0 Å². The largest absolute Gasteiger partial charge is 0.372 e. The van der Waals surface area contributed by atoms with E-state index < -0.39 is 0 Å². The van der Waals surface area contributed by atoms with E-state index in [9.17, 15) is 14.4 Å². The molecule has 1 aliphatic heterocycles. The van der Waals surface area contributed by atoms with Gasteiger partial charge >= 0.3 is 0 Å². The van der Waals surface area contributed by atoms with Crippen molar-refractivity contribution in [2.45, 2.75) is 46.2 Å². The van der Waals surface area contributed by atoms with Gasteiger partial charge in [0, 0.05) is 39.0 Å². The fraction of sp³-hybridized carbons (Fsp3) is 0.458. The number of ether oxygens (including phenoxy) is 1. The van der Waals surface area contributed by atoms with Gasteiger partial charge in [0.05, 0.1) is 0 Å². The highest BCUT2D eigenvalue weighted by Crippen LogP contribution is 2.21. The molecule has 0 saturated heterocycles. The molecule has 3 rings (SSSR count). The lowest BCUT2D eigenvalue weighted by molar-refractivity contribution is -0.136. The summed E-state index contributed by atoms with van der Waals surface area (Å²) in [5.74, 6) is -0.405. The van der Waals surface area contributed by atoms with Crippen LogP contribution in [0.25, 0.3) is 0 Å². The standard InChI is InChI=1S/C24H31N3O4/c1-3-12-25-23(29)22-20-11-14-26(21(28)17-31-4-2)15-19(20)16-27(24(22)30)13-10-18-8-6-5-7-9-18/h5-9,16H,3-4,10-15,17H2,1-2H3,(H,25,29). The van der Waals surface area contributed by atoms with Crippen molar-refractivity contribution < 1.29 is 14.3 Å². The molecule has 2 heterocycles. The van der Waals surface area contributed by atoms with Crippen molar-refractivity contribution >= 4 is 11.8 Å². The number of carbonyl (C=O) groups excluding carboxylic acids is 2. The quantitative estimate of drug-likeness (QED) is 0.668. The van der Waals surface area contributed by atoms with Gasteiger partial charge in [0.2, 0.25) is 5.91 Å². The third kappa shape index (κ3) is 5.61. The van der Waals surface area contributed by atoms with Crippen molar-refractivity contribution in [3.63, 3.8) is 0 Å². The molecule has 1 aromatic heterocycles. The first-order valence-corrected chi connectivity index (χ1v) is 11.0. The molecule has 0 saturated carbocycles. The first kappa shape index (κ1) is 22.7. The van der Waals surface area contributed by atoms with Gasteiger partial charge in [0.1, 0.15) is 12.2 Å². The lowest BCUT2D eigenvalue weighted by atomic mass is 9.95. The minimum atomic E-state index is -0.328. The number of rotatable bonds is 9. The van der Waals surface area contributed by atoms with E-state index in [1.165, 1.54) is 0 Å². The zero-order valence-corrected chi connectivity index (χ0v) is 18.4. The lowest BCUT2D eigenvalue weighted by Crippen LogP contribution is -2.42. The highest BCUT2D eigenvalue weighted by atomic mass is 16.5. The third-order valence-corrected chi connectivity index (χ3v) is 5.50. The fourth-order valence-electron chi connectivity index (χ4n) is 3.83. The van der Waals surface area contributed by atoms with Crippen molar-refractivity contribution in [3.05, 3.63) is 69.1 Å². The van der Waals surface area contributed by atoms with Crippen LogP contribution in [0.1, 0.15) is 47.3 Å². The zero-order valence-electron chi connectivity index (χ0n) is 18.4. The van der Waals surface area contributed by atoms with Gasteiger partial charge in [-0.1, -0.05) is 37.3 Å². The second-order valence-corrected chi connectivity index (χ2v) is 7.70. The van der Waals surface area contributed by atoms with Crippen LogP contribution in [-0.2, 0) is 35.5 Å². The Balaban J connectivity index is 1.91. The summed E-state index contributed by atoms with van der Waals surface area (Å²) in [6, 6.07) is 9.93. The van der Waals surface area contributed by atoms with Crippen LogP contribution in [0.5, 0.6) is 0 Å². The number of amides is 2. The van der Waals surface area contributed by atoms with E-state index in [2.05, 4.69) is 5.32 Å². The molecule has 1 N–H and O–H groups in total. The monoisotopic (exact) mass is 425 g/mol. The molecule has 2 aromatic rings.